The standard InChI is InChI=1S/C19H21N5OS/c1-14-18(24-12-6-3-7-16(24)21-14)19(25)22-20-13-15-8-9-17(26-15)23-10-4-2-5-11-23/h3,6-9,12-13H,2,4-5,10-11H2,1H3,(H,22,25). The molecule has 26 heavy (non-hydrogen) atoms. The summed E-state index contributed by atoms with van der Waals surface area (Å²) in [6, 6.07) is 9.83. The van der Waals surface area contributed by atoms with E-state index in [2.05, 4.69) is 26.5 Å². The Labute approximate surface area is 156 Å². The van der Waals surface area contributed by atoms with Gasteiger partial charge in [0.15, 0.2) is 0 Å². The molecule has 1 fully saturated rings. The maximum atomic E-state index is 12.5. The fraction of sp³-hybridized carbons (Fsp3) is 0.316. The summed E-state index contributed by atoms with van der Waals surface area (Å²) in [6.45, 7) is 4.08. The molecular formula is C19H21N5OS. The zero-order valence-electron chi connectivity index (χ0n) is 14.7. The second-order valence-electron chi connectivity index (χ2n) is 6.40. The Morgan fingerprint density at radius 3 is 2.92 bits per heavy atom. The molecule has 7 heteroatoms. The van der Waals surface area contributed by atoms with Crippen LogP contribution in [0, 0.1) is 6.92 Å². The predicted molar refractivity (Wildman–Crippen MR) is 105 cm³/mol. The first kappa shape index (κ1) is 16.8. The highest BCUT2D eigenvalue weighted by Gasteiger charge is 2.16. The number of fused-ring (bicyclic) bond motifs is 1. The number of hydrogen-bond acceptors (Lipinski definition) is 5. The highest BCUT2D eigenvalue weighted by atomic mass is 32.1. The van der Waals surface area contributed by atoms with Crippen LogP contribution >= 0.6 is 11.3 Å². The number of pyridine rings is 1. The van der Waals surface area contributed by atoms with E-state index < -0.39 is 0 Å². The van der Waals surface area contributed by atoms with Crippen LogP contribution in [0.2, 0.25) is 0 Å². The number of aromatic nitrogens is 2. The van der Waals surface area contributed by atoms with E-state index >= 15 is 0 Å². The van der Waals surface area contributed by atoms with Crippen LogP contribution in [0.25, 0.3) is 5.65 Å². The molecule has 0 unspecified atom stereocenters. The van der Waals surface area contributed by atoms with E-state index in [4.69, 9.17) is 0 Å². The third-order valence-corrected chi connectivity index (χ3v) is 5.64. The van der Waals surface area contributed by atoms with Gasteiger partial charge < -0.3 is 4.90 Å². The summed E-state index contributed by atoms with van der Waals surface area (Å²) in [4.78, 5) is 20.3. The highest BCUT2D eigenvalue weighted by Crippen LogP contribution is 2.27. The summed E-state index contributed by atoms with van der Waals surface area (Å²) >= 11 is 1.70. The zero-order valence-corrected chi connectivity index (χ0v) is 15.5. The van der Waals surface area contributed by atoms with Crippen LogP contribution < -0.4 is 10.3 Å². The molecule has 0 saturated carbocycles. The number of piperidine rings is 1. The fourth-order valence-corrected chi connectivity index (χ4v) is 4.22. The minimum atomic E-state index is -0.259. The van der Waals surface area contributed by atoms with E-state index in [0.29, 0.717) is 11.4 Å². The second kappa shape index (κ2) is 7.29. The van der Waals surface area contributed by atoms with Crippen molar-refractivity contribution in [1.29, 1.82) is 0 Å². The normalized spacial score (nSPS) is 15.0. The van der Waals surface area contributed by atoms with Crippen LogP contribution in [0.5, 0.6) is 0 Å². The molecule has 0 aliphatic carbocycles. The largest absolute Gasteiger partial charge is 0.363 e. The molecule has 1 amide bonds. The van der Waals surface area contributed by atoms with E-state index in [1.165, 1.54) is 24.3 Å². The summed E-state index contributed by atoms with van der Waals surface area (Å²) < 4.78 is 1.78. The van der Waals surface area contributed by atoms with Gasteiger partial charge >= 0.3 is 0 Å². The molecule has 3 aromatic rings. The Balaban J connectivity index is 1.44. The molecule has 134 valence electrons. The van der Waals surface area contributed by atoms with Crippen molar-refractivity contribution in [3.8, 4) is 0 Å². The van der Waals surface area contributed by atoms with Gasteiger partial charge in [0.05, 0.1) is 16.9 Å². The van der Waals surface area contributed by atoms with Crippen LogP contribution in [-0.4, -0.2) is 34.6 Å². The molecule has 1 saturated heterocycles. The number of hydrogen-bond donors (Lipinski definition) is 1. The lowest BCUT2D eigenvalue weighted by molar-refractivity contribution is 0.0948. The Morgan fingerprint density at radius 2 is 2.08 bits per heavy atom. The molecular weight excluding hydrogens is 346 g/mol. The van der Waals surface area contributed by atoms with Crippen molar-refractivity contribution in [3.63, 3.8) is 0 Å². The van der Waals surface area contributed by atoms with Gasteiger partial charge in [0.1, 0.15) is 11.3 Å². The first-order chi connectivity index (χ1) is 12.7. The predicted octanol–water partition coefficient (Wildman–Crippen LogP) is 3.46. The van der Waals surface area contributed by atoms with Gasteiger partial charge in [0.2, 0.25) is 0 Å². The fourth-order valence-electron chi connectivity index (χ4n) is 3.29. The molecule has 0 atom stereocenters. The third kappa shape index (κ3) is 3.35. The van der Waals surface area contributed by atoms with E-state index in [1.54, 1.807) is 22.0 Å². The minimum absolute atomic E-state index is 0.259. The monoisotopic (exact) mass is 367 g/mol. The van der Waals surface area contributed by atoms with E-state index in [9.17, 15) is 4.79 Å². The van der Waals surface area contributed by atoms with Gasteiger partial charge in [-0.15, -0.1) is 11.3 Å². The minimum Gasteiger partial charge on any atom is -0.363 e. The molecule has 6 nitrogen and oxygen atoms in total. The molecule has 0 bridgehead atoms. The average molecular weight is 367 g/mol. The van der Waals surface area contributed by atoms with Gasteiger partial charge in [-0.05, 0) is 50.5 Å². The lowest BCUT2D eigenvalue weighted by atomic mass is 10.1. The summed E-state index contributed by atoms with van der Waals surface area (Å²) in [7, 11) is 0. The quantitative estimate of drug-likeness (QED) is 0.567. The van der Waals surface area contributed by atoms with E-state index in [0.717, 1.165) is 23.6 Å². The second-order valence-corrected chi connectivity index (χ2v) is 7.49. The van der Waals surface area contributed by atoms with Crippen LogP contribution in [0.4, 0.5) is 5.00 Å². The number of thiophene rings is 1. The van der Waals surface area contributed by atoms with Gasteiger partial charge in [-0.3, -0.25) is 9.20 Å². The Hall–Kier alpha value is -2.67. The van der Waals surface area contributed by atoms with E-state index in [-0.39, 0.29) is 5.91 Å². The maximum absolute atomic E-state index is 12.5. The molecule has 0 radical (unpaired) electrons. The van der Waals surface area contributed by atoms with Crippen molar-refractivity contribution >= 4 is 34.1 Å². The van der Waals surface area contributed by atoms with Crippen molar-refractivity contribution in [2.45, 2.75) is 26.2 Å². The molecule has 1 aliphatic rings. The van der Waals surface area contributed by atoms with Crippen molar-refractivity contribution in [1.82, 2.24) is 14.8 Å². The number of hydrazone groups is 1. The van der Waals surface area contributed by atoms with Gasteiger partial charge in [-0.25, -0.2) is 10.4 Å². The SMILES string of the molecule is Cc1nc2ccccn2c1C(=O)NN=Cc1ccc(N2CCCCC2)s1. The lowest BCUT2D eigenvalue weighted by Crippen LogP contribution is -2.28. The molecule has 1 aliphatic heterocycles. The van der Waals surface area contributed by atoms with Crippen molar-refractivity contribution in [2.75, 3.05) is 18.0 Å². The Bertz CT molecular complexity index is 952. The maximum Gasteiger partial charge on any atom is 0.290 e. The number of nitrogens with one attached hydrogen (secondary N) is 1. The number of carbonyl (C=O) groups is 1. The first-order valence-corrected chi connectivity index (χ1v) is 9.66. The number of nitrogens with zero attached hydrogens (tertiary/aromatic N) is 4. The average Bonchev–Trinajstić information content (AvgIpc) is 3.26. The van der Waals surface area contributed by atoms with Crippen LogP contribution in [0.3, 0.4) is 0 Å². The molecule has 0 spiro atoms. The molecule has 3 aromatic heterocycles. The van der Waals surface area contributed by atoms with Crippen molar-refractivity contribution in [2.24, 2.45) is 5.10 Å². The number of amides is 1. The smallest absolute Gasteiger partial charge is 0.290 e. The van der Waals surface area contributed by atoms with Crippen molar-refractivity contribution in [3.05, 3.63) is 52.8 Å². The number of rotatable bonds is 4. The van der Waals surface area contributed by atoms with Gasteiger partial charge in [-0.1, -0.05) is 6.07 Å². The first-order valence-electron chi connectivity index (χ1n) is 8.84. The molecule has 4 heterocycles. The van der Waals surface area contributed by atoms with Crippen molar-refractivity contribution < 1.29 is 4.79 Å². The van der Waals surface area contributed by atoms with Gasteiger partial charge in [0, 0.05) is 24.2 Å². The number of carbonyl (C=O) groups excluding carboxylic acids is 1. The number of aryl methyl sites for hydroxylation is 1. The summed E-state index contributed by atoms with van der Waals surface area (Å²) in [6.07, 6.45) is 7.38. The number of anilines is 1. The van der Waals surface area contributed by atoms with Crippen LogP contribution in [0.15, 0.2) is 41.6 Å². The van der Waals surface area contributed by atoms with Crippen LogP contribution in [-0.2, 0) is 0 Å². The lowest BCUT2D eigenvalue weighted by Gasteiger charge is -2.27. The highest BCUT2D eigenvalue weighted by molar-refractivity contribution is 7.17. The molecule has 0 aromatic carbocycles. The topological polar surface area (TPSA) is 62.0 Å². The molecule has 4 rings (SSSR count). The van der Waals surface area contributed by atoms with Gasteiger partial charge in [0.25, 0.3) is 5.91 Å². The Morgan fingerprint density at radius 1 is 1.23 bits per heavy atom. The zero-order chi connectivity index (χ0) is 17.9. The molecule has 1 N–H and O–H groups in total. The van der Waals surface area contributed by atoms with Crippen LogP contribution in [0.1, 0.15) is 40.3 Å². The number of imidazole rings is 1. The third-order valence-electron chi connectivity index (χ3n) is 4.56. The van der Waals surface area contributed by atoms with E-state index in [1.807, 2.05) is 37.4 Å². The Kier molecular flexibility index (Phi) is 4.71. The van der Waals surface area contributed by atoms with Gasteiger partial charge in [-0.2, -0.15) is 5.10 Å². The summed E-state index contributed by atoms with van der Waals surface area (Å²) in [5.41, 5.74) is 4.57. The summed E-state index contributed by atoms with van der Waals surface area (Å²) in [5, 5.41) is 5.40. The summed E-state index contributed by atoms with van der Waals surface area (Å²) in [5.74, 6) is -0.259.